The zero-order valence-corrected chi connectivity index (χ0v) is 29.6. The van der Waals surface area contributed by atoms with Crippen LogP contribution in [0.1, 0.15) is 33.4 Å². The van der Waals surface area contributed by atoms with Crippen LogP contribution in [-0.4, -0.2) is 64.7 Å². The minimum Gasteiger partial charge on any atom is -0.343 e. The molecule has 2 amide bonds. The van der Waals surface area contributed by atoms with Crippen molar-refractivity contribution < 1.29 is 22.8 Å². The van der Waals surface area contributed by atoms with E-state index in [4.69, 9.17) is 0 Å². The monoisotopic (exact) mass is 704 g/mol. The highest BCUT2D eigenvalue weighted by Gasteiger charge is 2.32. The zero-order chi connectivity index (χ0) is 37.1. The minimum atomic E-state index is -4.46. The number of likely N-dealkylation sites (N-methyl/N-ethyl adjacent to an activating group) is 2. The van der Waals surface area contributed by atoms with Gasteiger partial charge in [-0.2, -0.15) is 13.2 Å². The van der Waals surface area contributed by atoms with E-state index in [-0.39, 0.29) is 18.9 Å². The lowest BCUT2D eigenvalue weighted by Crippen LogP contribution is -2.51. The van der Waals surface area contributed by atoms with Gasteiger partial charge in [-0.15, -0.1) is 0 Å². The molecule has 0 bridgehead atoms. The Hall–Kier alpha value is -5.54. The van der Waals surface area contributed by atoms with Crippen molar-refractivity contribution in [2.75, 3.05) is 27.2 Å². The summed E-state index contributed by atoms with van der Waals surface area (Å²) in [6.07, 6.45) is 0.339. The van der Waals surface area contributed by atoms with Crippen LogP contribution in [0.4, 0.5) is 13.2 Å². The predicted octanol–water partition coefficient (Wildman–Crippen LogP) is 8.32. The molecule has 268 valence electrons. The van der Waals surface area contributed by atoms with Crippen molar-refractivity contribution in [1.82, 2.24) is 19.7 Å². The standard InChI is InChI=1S/C43H43F3N4O2/c1-32-11-7-8-14-37(32)31-48(2)27-28-49(3)42(52)40(29-34-12-5-4-6-13-34)50(30-35-16-21-36(22-17-35)39-15-9-10-26-47-39)41(51)25-20-33-18-23-38(24-19-33)43(44,45)46/h4-26,40H,27-31H2,1-3H3/t40-/m0/s1. The molecule has 5 rings (SSSR count). The van der Waals surface area contributed by atoms with Gasteiger partial charge in [-0.1, -0.05) is 97.1 Å². The van der Waals surface area contributed by atoms with Gasteiger partial charge in [0.2, 0.25) is 11.8 Å². The number of carbonyl (C=O) groups excluding carboxylic acids is 2. The van der Waals surface area contributed by atoms with Crippen molar-refractivity contribution in [3.05, 3.63) is 167 Å². The molecule has 6 nitrogen and oxygen atoms in total. The average molecular weight is 705 g/mol. The number of alkyl halides is 3. The van der Waals surface area contributed by atoms with Crippen molar-refractivity contribution in [3.8, 4) is 11.3 Å². The first-order valence-corrected chi connectivity index (χ1v) is 17.2. The summed E-state index contributed by atoms with van der Waals surface area (Å²) in [4.78, 5) is 38.4. The highest BCUT2D eigenvalue weighted by molar-refractivity contribution is 5.95. The van der Waals surface area contributed by atoms with Crippen LogP contribution < -0.4 is 0 Å². The van der Waals surface area contributed by atoms with Gasteiger partial charge >= 0.3 is 6.18 Å². The number of aryl methyl sites for hydroxylation is 1. The zero-order valence-electron chi connectivity index (χ0n) is 29.6. The molecule has 9 heteroatoms. The molecule has 0 fully saturated rings. The summed E-state index contributed by atoms with van der Waals surface area (Å²) in [7, 11) is 3.77. The van der Waals surface area contributed by atoms with Gasteiger partial charge < -0.3 is 14.7 Å². The first kappa shape index (κ1) is 37.7. The molecule has 1 aromatic heterocycles. The second-order valence-electron chi connectivity index (χ2n) is 13.0. The molecule has 0 aliphatic carbocycles. The lowest BCUT2D eigenvalue weighted by atomic mass is 10.0. The number of hydrogen-bond donors (Lipinski definition) is 0. The summed E-state index contributed by atoms with van der Waals surface area (Å²) < 4.78 is 39.5. The van der Waals surface area contributed by atoms with Crippen LogP contribution in [0.25, 0.3) is 17.3 Å². The summed E-state index contributed by atoms with van der Waals surface area (Å²) in [6.45, 7) is 4.00. The van der Waals surface area contributed by atoms with Crippen LogP contribution in [0.3, 0.4) is 0 Å². The summed E-state index contributed by atoms with van der Waals surface area (Å²) in [5, 5.41) is 0. The lowest BCUT2D eigenvalue weighted by Gasteiger charge is -2.34. The van der Waals surface area contributed by atoms with Gasteiger partial charge in [-0.25, -0.2) is 0 Å². The van der Waals surface area contributed by atoms with E-state index in [0.717, 1.165) is 41.1 Å². The van der Waals surface area contributed by atoms with Crippen molar-refractivity contribution in [2.24, 2.45) is 0 Å². The van der Waals surface area contributed by atoms with E-state index in [0.29, 0.717) is 18.7 Å². The van der Waals surface area contributed by atoms with Gasteiger partial charge in [0.05, 0.1) is 11.3 Å². The van der Waals surface area contributed by atoms with Crippen LogP contribution >= 0.6 is 0 Å². The third kappa shape index (κ3) is 10.5. The Balaban J connectivity index is 1.42. The highest BCUT2D eigenvalue weighted by atomic mass is 19.4. The van der Waals surface area contributed by atoms with Gasteiger partial charge in [0, 0.05) is 57.5 Å². The Morgan fingerprint density at radius 3 is 2.08 bits per heavy atom. The molecule has 5 aromatic rings. The number of nitrogens with zero attached hydrogens (tertiary/aromatic N) is 4. The molecule has 1 atom stereocenters. The second-order valence-corrected chi connectivity index (χ2v) is 13.0. The van der Waals surface area contributed by atoms with E-state index >= 15 is 0 Å². The van der Waals surface area contributed by atoms with Crippen LogP contribution in [0.5, 0.6) is 0 Å². The molecule has 0 N–H and O–H groups in total. The number of benzene rings is 4. The van der Waals surface area contributed by atoms with Crippen molar-refractivity contribution >= 4 is 17.9 Å². The first-order valence-electron chi connectivity index (χ1n) is 17.2. The van der Waals surface area contributed by atoms with Gasteiger partial charge in [0.15, 0.2) is 0 Å². The quantitative estimate of drug-likeness (QED) is 0.109. The molecule has 0 spiro atoms. The maximum absolute atomic E-state index is 14.4. The molecular formula is C43H43F3N4O2. The predicted molar refractivity (Wildman–Crippen MR) is 200 cm³/mol. The van der Waals surface area contributed by atoms with Crippen LogP contribution in [-0.2, 0) is 35.3 Å². The van der Waals surface area contributed by atoms with E-state index in [1.807, 2.05) is 92.0 Å². The van der Waals surface area contributed by atoms with Crippen LogP contribution in [0, 0.1) is 6.92 Å². The van der Waals surface area contributed by atoms with Gasteiger partial charge in [0.25, 0.3) is 0 Å². The molecule has 0 unspecified atom stereocenters. The maximum atomic E-state index is 14.4. The number of carbonyl (C=O) groups is 2. The van der Waals surface area contributed by atoms with E-state index in [1.165, 1.54) is 35.4 Å². The van der Waals surface area contributed by atoms with Crippen molar-refractivity contribution in [3.63, 3.8) is 0 Å². The fourth-order valence-electron chi connectivity index (χ4n) is 5.91. The van der Waals surface area contributed by atoms with Crippen LogP contribution in [0.15, 0.2) is 134 Å². The van der Waals surface area contributed by atoms with Crippen LogP contribution in [0.2, 0.25) is 0 Å². The Bertz CT molecular complexity index is 1930. The smallest absolute Gasteiger partial charge is 0.343 e. The minimum absolute atomic E-state index is 0.128. The fourth-order valence-corrected chi connectivity index (χ4v) is 5.91. The first-order chi connectivity index (χ1) is 25.0. The Labute approximate surface area is 303 Å². The molecule has 0 radical (unpaired) electrons. The second kappa shape index (κ2) is 17.6. The van der Waals surface area contributed by atoms with Gasteiger partial charge in [0.1, 0.15) is 6.04 Å². The van der Waals surface area contributed by atoms with Gasteiger partial charge in [-0.3, -0.25) is 14.6 Å². The normalized spacial score (nSPS) is 12.2. The molecule has 0 saturated heterocycles. The average Bonchev–Trinajstić information content (AvgIpc) is 3.15. The molecule has 0 aliphatic heterocycles. The molecule has 1 heterocycles. The van der Waals surface area contributed by atoms with E-state index in [9.17, 15) is 22.8 Å². The Kier molecular flexibility index (Phi) is 12.8. The summed E-state index contributed by atoms with van der Waals surface area (Å²) in [6, 6.07) is 34.9. The molecule has 52 heavy (non-hydrogen) atoms. The number of pyridine rings is 1. The highest BCUT2D eigenvalue weighted by Crippen LogP contribution is 2.29. The Morgan fingerprint density at radius 1 is 0.750 bits per heavy atom. The van der Waals surface area contributed by atoms with Gasteiger partial charge in [-0.05, 0) is 72.1 Å². The van der Waals surface area contributed by atoms with E-state index in [1.54, 1.807) is 23.0 Å². The third-order valence-corrected chi connectivity index (χ3v) is 9.03. The Morgan fingerprint density at radius 2 is 1.42 bits per heavy atom. The number of hydrogen-bond acceptors (Lipinski definition) is 4. The third-order valence-electron chi connectivity index (χ3n) is 9.03. The molecule has 4 aromatic carbocycles. The fraction of sp³-hybridized carbons (Fsp3) is 0.233. The molecule has 0 saturated carbocycles. The number of rotatable bonds is 14. The van der Waals surface area contributed by atoms with E-state index in [2.05, 4.69) is 28.9 Å². The summed E-state index contributed by atoms with van der Waals surface area (Å²) in [5.41, 5.74) is 5.50. The maximum Gasteiger partial charge on any atom is 0.416 e. The number of aromatic nitrogens is 1. The molecule has 0 aliphatic rings. The SMILES string of the molecule is Cc1ccccc1CN(C)CCN(C)C(=O)[C@H](Cc1ccccc1)N(Cc1ccc(-c2ccccn2)cc1)C(=O)C=Cc1ccc(C(F)(F)F)cc1. The largest absolute Gasteiger partial charge is 0.416 e. The number of amides is 2. The topological polar surface area (TPSA) is 56.8 Å². The summed E-state index contributed by atoms with van der Waals surface area (Å²) >= 11 is 0. The van der Waals surface area contributed by atoms with Crippen molar-refractivity contribution in [1.29, 1.82) is 0 Å². The summed E-state index contributed by atoms with van der Waals surface area (Å²) in [5.74, 6) is -0.650. The molecular weight excluding hydrogens is 661 g/mol. The van der Waals surface area contributed by atoms with Crippen molar-refractivity contribution in [2.45, 2.75) is 38.7 Å². The number of halogens is 3. The lowest BCUT2D eigenvalue weighted by molar-refractivity contribution is -0.143. The van der Waals surface area contributed by atoms with E-state index < -0.39 is 23.7 Å².